The van der Waals surface area contributed by atoms with Gasteiger partial charge >= 0.3 is 0 Å². The Morgan fingerprint density at radius 1 is 0.562 bits per heavy atom. The number of aliphatic hydroxyl groups excluding tert-OH is 1. The first-order chi connectivity index (χ1) is 31.0. The Hall–Kier alpha value is -3.10. The summed E-state index contributed by atoms with van der Waals surface area (Å²) in [4.78, 5) is 25.4. The molecule has 0 aliphatic rings. The predicted octanol–water partition coefficient (Wildman–Crippen LogP) is 14.0. The molecule has 1 amide bonds. The average Bonchev–Trinajstić information content (AvgIpc) is 3.25. The summed E-state index contributed by atoms with van der Waals surface area (Å²) >= 11 is 0. The number of nitrogens with one attached hydrogen (secondary N) is 1. The Labute approximate surface area is 393 Å². The van der Waals surface area contributed by atoms with Gasteiger partial charge in [0.15, 0.2) is 0 Å². The number of hydrogen-bond acceptors (Lipinski definition) is 6. The maximum absolute atomic E-state index is 12.9. The van der Waals surface area contributed by atoms with Gasteiger partial charge in [-0.2, -0.15) is 0 Å². The number of phosphoric ester groups is 1. The number of carbonyl (C=O) groups is 1. The number of phosphoric acid groups is 1. The summed E-state index contributed by atoms with van der Waals surface area (Å²) in [5, 5.41) is 13.8. The van der Waals surface area contributed by atoms with Crippen LogP contribution in [0.15, 0.2) is 122 Å². The summed E-state index contributed by atoms with van der Waals surface area (Å²) in [5.74, 6) is -0.275. The van der Waals surface area contributed by atoms with Crippen LogP contribution in [0.5, 0.6) is 0 Å². The van der Waals surface area contributed by atoms with Gasteiger partial charge in [0.05, 0.1) is 39.9 Å². The normalized spacial score (nSPS) is 15.2. The van der Waals surface area contributed by atoms with Crippen molar-refractivity contribution in [1.82, 2.24) is 5.32 Å². The predicted molar refractivity (Wildman–Crippen MR) is 274 cm³/mol. The van der Waals surface area contributed by atoms with Crippen LogP contribution >= 0.6 is 7.82 Å². The third-order valence-corrected chi connectivity index (χ3v) is 11.1. The second-order valence-electron chi connectivity index (χ2n) is 17.4. The zero-order valence-electron chi connectivity index (χ0n) is 41.2. The molecule has 0 radical (unpaired) electrons. The van der Waals surface area contributed by atoms with Crippen LogP contribution in [-0.4, -0.2) is 68.5 Å². The van der Waals surface area contributed by atoms with Crippen LogP contribution in [0.25, 0.3) is 0 Å². The maximum atomic E-state index is 12.9. The SMILES string of the molecule is CC/C=C\C/C=C\C/C=C\C/C=C\C/C=C\C/C=C\C/C=C\CCCC(=O)NC(COP(=O)([O-])OCC[N+](C)(C)C)C(O)/C=C/CC/C=C/CC/C=C/CCCCCCCCCCC. The lowest BCUT2D eigenvalue weighted by atomic mass is 10.1. The lowest BCUT2D eigenvalue weighted by Gasteiger charge is -2.29. The minimum Gasteiger partial charge on any atom is -0.756 e. The van der Waals surface area contributed by atoms with E-state index in [1.807, 2.05) is 27.2 Å². The van der Waals surface area contributed by atoms with Gasteiger partial charge in [-0.1, -0.05) is 187 Å². The number of nitrogens with zero attached hydrogens (tertiary/aromatic N) is 1. The summed E-state index contributed by atoms with van der Waals surface area (Å²) in [6, 6.07) is -0.949. The Morgan fingerprint density at radius 3 is 1.45 bits per heavy atom. The fraction of sp³-hybridized carbons (Fsp3) is 0.618. The quantitative estimate of drug-likeness (QED) is 0.0273. The van der Waals surface area contributed by atoms with Crippen LogP contribution in [0.4, 0.5) is 0 Å². The molecule has 0 heterocycles. The standard InChI is InChI=1S/C55H93N2O6P/c1-6-8-10-12-14-16-18-20-22-24-26-27-28-29-31-33-35-37-39-41-43-45-47-49-55(59)56-53(52-63-64(60,61)62-51-50-57(3,4)5)54(58)48-46-44-42-40-38-36-34-32-30-25-23-21-19-17-15-13-11-9-7-2/h8,10,14,16,20,22,26-27,29-32,35,37-38,40-41,43,46,48,53-54,58H,6-7,9,11-13,15,17-19,21,23-25,28,33-34,36,39,42,44-45,47,49-52H2,1-5H3,(H-,56,59,60,61)/b10-8-,16-14-,22-20-,27-26-,31-29-,32-30+,37-35-,40-38+,43-41-,48-46+. The maximum Gasteiger partial charge on any atom is 0.268 e. The lowest BCUT2D eigenvalue weighted by molar-refractivity contribution is -0.870. The minimum atomic E-state index is -4.63. The first kappa shape index (κ1) is 60.9. The van der Waals surface area contributed by atoms with Crippen LogP contribution in [0.1, 0.15) is 168 Å². The fourth-order valence-corrected chi connectivity index (χ4v) is 6.95. The summed E-state index contributed by atoms with van der Waals surface area (Å²) in [7, 11) is 1.17. The first-order valence-electron chi connectivity index (χ1n) is 24.9. The van der Waals surface area contributed by atoms with E-state index in [0.717, 1.165) is 70.6 Å². The smallest absolute Gasteiger partial charge is 0.268 e. The molecular formula is C55H93N2O6P. The van der Waals surface area contributed by atoms with Crippen LogP contribution in [0.3, 0.4) is 0 Å². The molecule has 0 saturated heterocycles. The van der Waals surface area contributed by atoms with Crippen molar-refractivity contribution in [2.24, 2.45) is 0 Å². The highest BCUT2D eigenvalue weighted by molar-refractivity contribution is 7.45. The van der Waals surface area contributed by atoms with E-state index < -0.39 is 26.6 Å². The molecular weight excluding hydrogens is 816 g/mol. The molecule has 0 aromatic carbocycles. The van der Waals surface area contributed by atoms with Crippen molar-refractivity contribution in [3.05, 3.63) is 122 Å². The Bertz CT molecular complexity index is 1450. The molecule has 2 N–H and O–H groups in total. The molecule has 8 nitrogen and oxygen atoms in total. The van der Waals surface area contributed by atoms with E-state index in [1.165, 1.54) is 64.2 Å². The molecule has 0 aliphatic heterocycles. The highest BCUT2D eigenvalue weighted by atomic mass is 31.2. The third kappa shape index (κ3) is 46.9. The third-order valence-electron chi connectivity index (χ3n) is 10.1. The molecule has 9 heteroatoms. The Morgan fingerprint density at radius 2 is 0.969 bits per heavy atom. The van der Waals surface area contributed by atoms with Crippen LogP contribution in [-0.2, 0) is 18.4 Å². The van der Waals surface area contributed by atoms with Crippen molar-refractivity contribution in [3.63, 3.8) is 0 Å². The number of carbonyl (C=O) groups excluding carboxylic acids is 1. The van der Waals surface area contributed by atoms with Crippen LogP contribution in [0.2, 0.25) is 0 Å². The number of amides is 1. The van der Waals surface area contributed by atoms with Gasteiger partial charge in [-0.15, -0.1) is 0 Å². The van der Waals surface area contributed by atoms with Gasteiger partial charge in [-0.25, -0.2) is 0 Å². The van der Waals surface area contributed by atoms with Gasteiger partial charge in [0.2, 0.25) is 5.91 Å². The topological polar surface area (TPSA) is 108 Å². The second-order valence-corrected chi connectivity index (χ2v) is 18.8. The molecule has 0 spiro atoms. The first-order valence-corrected chi connectivity index (χ1v) is 26.4. The molecule has 3 atom stereocenters. The van der Waals surface area contributed by atoms with E-state index in [0.29, 0.717) is 23.9 Å². The van der Waals surface area contributed by atoms with E-state index in [1.54, 1.807) is 6.08 Å². The van der Waals surface area contributed by atoms with Gasteiger partial charge < -0.3 is 28.8 Å². The lowest BCUT2D eigenvalue weighted by Crippen LogP contribution is -2.45. The molecule has 0 fully saturated rings. The van der Waals surface area contributed by atoms with Crippen molar-refractivity contribution in [2.75, 3.05) is 40.9 Å². The zero-order chi connectivity index (χ0) is 47.1. The molecule has 0 aliphatic carbocycles. The number of likely N-dealkylation sites (N-methyl/N-ethyl adjacent to an activating group) is 1. The van der Waals surface area contributed by atoms with E-state index in [9.17, 15) is 19.4 Å². The van der Waals surface area contributed by atoms with Gasteiger partial charge in [-0.05, 0) is 96.3 Å². The Balaban J connectivity index is 4.57. The van der Waals surface area contributed by atoms with Crippen molar-refractivity contribution in [1.29, 1.82) is 0 Å². The van der Waals surface area contributed by atoms with Gasteiger partial charge in [-0.3, -0.25) is 9.36 Å². The number of aliphatic hydroxyl groups is 1. The summed E-state index contributed by atoms with van der Waals surface area (Å²) in [6.07, 6.45) is 66.9. The molecule has 0 bridgehead atoms. The van der Waals surface area contributed by atoms with Crippen molar-refractivity contribution in [2.45, 2.75) is 180 Å². The number of allylic oxidation sites excluding steroid dienone is 19. The molecule has 0 aromatic heterocycles. The fourth-order valence-electron chi connectivity index (χ4n) is 6.23. The summed E-state index contributed by atoms with van der Waals surface area (Å²) in [6.45, 7) is 4.43. The molecule has 3 unspecified atom stereocenters. The number of hydrogen-bond donors (Lipinski definition) is 2. The second kappa shape index (κ2) is 45.1. The largest absolute Gasteiger partial charge is 0.756 e. The van der Waals surface area contributed by atoms with E-state index in [4.69, 9.17) is 9.05 Å². The summed E-state index contributed by atoms with van der Waals surface area (Å²) < 4.78 is 23.2. The number of unbranched alkanes of at least 4 members (excludes halogenated alkanes) is 12. The highest BCUT2D eigenvalue weighted by Crippen LogP contribution is 2.38. The summed E-state index contributed by atoms with van der Waals surface area (Å²) in [5.41, 5.74) is 0. The van der Waals surface area contributed by atoms with Gasteiger partial charge in [0.1, 0.15) is 13.2 Å². The van der Waals surface area contributed by atoms with E-state index in [2.05, 4.69) is 129 Å². The van der Waals surface area contributed by atoms with Crippen molar-refractivity contribution < 1.29 is 32.9 Å². The average molecular weight is 909 g/mol. The highest BCUT2D eigenvalue weighted by Gasteiger charge is 2.23. The molecule has 364 valence electrons. The molecule has 0 aromatic rings. The van der Waals surface area contributed by atoms with Gasteiger partial charge in [0.25, 0.3) is 7.82 Å². The van der Waals surface area contributed by atoms with Crippen LogP contribution < -0.4 is 10.2 Å². The number of rotatable bonds is 43. The molecule has 0 saturated carbocycles. The van der Waals surface area contributed by atoms with E-state index in [-0.39, 0.29) is 18.9 Å². The monoisotopic (exact) mass is 909 g/mol. The van der Waals surface area contributed by atoms with Gasteiger partial charge in [0, 0.05) is 6.42 Å². The van der Waals surface area contributed by atoms with Crippen LogP contribution in [0, 0.1) is 0 Å². The molecule has 0 rings (SSSR count). The van der Waals surface area contributed by atoms with Crippen molar-refractivity contribution >= 4 is 13.7 Å². The van der Waals surface area contributed by atoms with Crippen molar-refractivity contribution in [3.8, 4) is 0 Å². The Kier molecular flexibility index (Phi) is 42.9. The molecule has 64 heavy (non-hydrogen) atoms. The minimum absolute atomic E-state index is 0.0272. The van der Waals surface area contributed by atoms with E-state index >= 15 is 0 Å². The zero-order valence-corrected chi connectivity index (χ0v) is 42.1. The number of quaternary nitrogens is 1.